The van der Waals surface area contributed by atoms with Gasteiger partial charge in [0.05, 0.1) is 0 Å². The van der Waals surface area contributed by atoms with E-state index in [2.05, 4.69) is 24.6 Å². The van der Waals surface area contributed by atoms with E-state index >= 15 is 0 Å². The Morgan fingerprint density at radius 2 is 1.82 bits per heavy atom. The standard InChI is InChI=1S/C14H27NOSi/c1-12(13-8-6-5-7-9-13)15-11-10-14(15)17(3,4)16-2/h13-14H,1,5-11H2,2-4H3. The molecule has 1 aliphatic heterocycles. The molecule has 3 heteroatoms. The maximum absolute atomic E-state index is 5.77. The Labute approximate surface area is 107 Å². The Bertz CT molecular complexity index is 284. The summed E-state index contributed by atoms with van der Waals surface area (Å²) in [5.74, 6) is 0.758. The van der Waals surface area contributed by atoms with Crippen molar-refractivity contribution in [1.82, 2.24) is 4.90 Å². The van der Waals surface area contributed by atoms with Gasteiger partial charge in [0, 0.05) is 25.0 Å². The molecule has 1 unspecified atom stereocenters. The van der Waals surface area contributed by atoms with Crippen molar-refractivity contribution in [3.8, 4) is 0 Å². The van der Waals surface area contributed by atoms with E-state index in [0.717, 1.165) is 5.92 Å². The number of nitrogens with zero attached hydrogens (tertiary/aromatic N) is 1. The van der Waals surface area contributed by atoms with Gasteiger partial charge >= 0.3 is 0 Å². The van der Waals surface area contributed by atoms with Crippen molar-refractivity contribution in [1.29, 1.82) is 0 Å². The van der Waals surface area contributed by atoms with E-state index in [-0.39, 0.29) is 0 Å². The fourth-order valence-corrected chi connectivity index (χ4v) is 5.40. The minimum atomic E-state index is -1.52. The predicted octanol–water partition coefficient (Wildman–Crippen LogP) is 3.55. The monoisotopic (exact) mass is 253 g/mol. The number of likely N-dealkylation sites (tertiary alicyclic amines) is 1. The molecule has 98 valence electrons. The van der Waals surface area contributed by atoms with Crippen LogP contribution in [0.2, 0.25) is 13.1 Å². The molecule has 0 aromatic heterocycles. The summed E-state index contributed by atoms with van der Waals surface area (Å²) in [6.07, 6.45) is 8.24. The lowest BCUT2D eigenvalue weighted by Gasteiger charge is -2.51. The number of hydrogen-bond acceptors (Lipinski definition) is 2. The van der Waals surface area contributed by atoms with Crippen LogP contribution in [0, 0.1) is 5.92 Å². The maximum atomic E-state index is 5.77. The Balaban J connectivity index is 1.96. The Morgan fingerprint density at radius 1 is 1.18 bits per heavy atom. The SMILES string of the molecule is C=C(C1CCCCC1)N1CCC1[Si](C)(C)OC. The third-order valence-electron chi connectivity index (χ3n) is 4.79. The molecule has 0 spiro atoms. The highest BCUT2D eigenvalue weighted by Gasteiger charge is 2.44. The molecule has 2 nitrogen and oxygen atoms in total. The van der Waals surface area contributed by atoms with Gasteiger partial charge in [0.15, 0.2) is 0 Å². The van der Waals surface area contributed by atoms with Gasteiger partial charge < -0.3 is 9.33 Å². The first-order valence-electron chi connectivity index (χ1n) is 7.07. The second kappa shape index (κ2) is 5.15. The Kier molecular flexibility index (Phi) is 3.98. The average Bonchev–Trinajstić information content (AvgIpc) is 2.28. The molecule has 1 saturated heterocycles. The molecule has 1 atom stereocenters. The van der Waals surface area contributed by atoms with Crippen LogP contribution in [0.25, 0.3) is 0 Å². The zero-order valence-electron chi connectivity index (χ0n) is 11.7. The topological polar surface area (TPSA) is 12.5 Å². The van der Waals surface area contributed by atoms with Gasteiger partial charge in [-0.1, -0.05) is 25.8 Å². The minimum Gasteiger partial charge on any atom is -0.418 e. The smallest absolute Gasteiger partial charge is 0.208 e. The van der Waals surface area contributed by atoms with Gasteiger partial charge in [-0.05, 0) is 38.3 Å². The third-order valence-corrected chi connectivity index (χ3v) is 8.05. The Hall–Kier alpha value is -0.283. The molecule has 1 heterocycles. The van der Waals surface area contributed by atoms with Crippen LogP contribution < -0.4 is 0 Å². The molecule has 1 saturated carbocycles. The summed E-state index contributed by atoms with van der Waals surface area (Å²) < 4.78 is 5.77. The van der Waals surface area contributed by atoms with Crippen LogP contribution in [0.5, 0.6) is 0 Å². The van der Waals surface area contributed by atoms with Crippen molar-refractivity contribution < 1.29 is 4.43 Å². The van der Waals surface area contributed by atoms with Crippen LogP contribution in [0.3, 0.4) is 0 Å². The molecule has 0 aromatic rings. The summed E-state index contributed by atoms with van der Waals surface area (Å²) >= 11 is 0. The van der Waals surface area contributed by atoms with Gasteiger partial charge in [-0.25, -0.2) is 0 Å². The quantitative estimate of drug-likeness (QED) is 0.711. The lowest BCUT2D eigenvalue weighted by atomic mass is 9.86. The third kappa shape index (κ3) is 2.60. The van der Waals surface area contributed by atoms with Crippen LogP contribution in [-0.4, -0.2) is 32.5 Å². The van der Waals surface area contributed by atoms with Crippen LogP contribution in [0.4, 0.5) is 0 Å². The normalized spacial score (nSPS) is 26.8. The fraction of sp³-hybridized carbons (Fsp3) is 0.857. The van der Waals surface area contributed by atoms with Gasteiger partial charge in [0.2, 0.25) is 8.32 Å². The Morgan fingerprint density at radius 3 is 2.29 bits per heavy atom. The zero-order valence-corrected chi connectivity index (χ0v) is 12.7. The average molecular weight is 253 g/mol. The van der Waals surface area contributed by atoms with Crippen molar-refractivity contribution in [2.45, 2.75) is 57.3 Å². The first-order valence-corrected chi connectivity index (χ1v) is 10.1. The van der Waals surface area contributed by atoms with Crippen LogP contribution in [0.15, 0.2) is 12.3 Å². The van der Waals surface area contributed by atoms with Crippen molar-refractivity contribution in [2.75, 3.05) is 13.7 Å². The summed E-state index contributed by atoms with van der Waals surface area (Å²) in [5, 5.41) is 0. The van der Waals surface area contributed by atoms with Gasteiger partial charge in [0.1, 0.15) is 0 Å². The second-order valence-corrected chi connectivity index (χ2v) is 10.4. The van der Waals surface area contributed by atoms with Gasteiger partial charge in [-0.15, -0.1) is 0 Å². The molecule has 17 heavy (non-hydrogen) atoms. The number of rotatable bonds is 4. The molecule has 0 aromatic carbocycles. The first kappa shape index (κ1) is 13.2. The molecule has 2 aliphatic rings. The van der Waals surface area contributed by atoms with Crippen molar-refractivity contribution in [2.24, 2.45) is 5.92 Å². The molecule has 0 N–H and O–H groups in total. The van der Waals surface area contributed by atoms with E-state index in [1.54, 1.807) is 0 Å². The summed E-state index contributed by atoms with van der Waals surface area (Å²) in [6, 6.07) is 0. The van der Waals surface area contributed by atoms with Crippen molar-refractivity contribution in [3.05, 3.63) is 12.3 Å². The molecule has 2 fully saturated rings. The molecule has 0 radical (unpaired) electrons. The summed E-state index contributed by atoms with van der Waals surface area (Å²) in [4.78, 5) is 2.56. The van der Waals surface area contributed by atoms with Crippen LogP contribution in [0.1, 0.15) is 38.5 Å². The van der Waals surface area contributed by atoms with Gasteiger partial charge in [-0.3, -0.25) is 0 Å². The maximum Gasteiger partial charge on any atom is 0.208 e. The lowest BCUT2D eigenvalue weighted by molar-refractivity contribution is 0.143. The molecule has 0 amide bonds. The van der Waals surface area contributed by atoms with E-state index in [4.69, 9.17) is 4.43 Å². The molecule has 2 rings (SSSR count). The number of hydrogen-bond donors (Lipinski definition) is 0. The first-order chi connectivity index (χ1) is 8.06. The minimum absolute atomic E-state index is 0.668. The lowest BCUT2D eigenvalue weighted by Crippen LogP contribution is -2.62. The van der Waals surface area contributed by atoms with Crippen LogP contribution >= 0.6 is 0 Å². The highest BCUT2D eigenvalue weighted by molar-refractivity contribution is 6.73. The molecular weight excluding hydrogens is 226 g/mol. The van der Waals surface area contributed by atoms with Crippen molar-refractivity contribution >= 4 is 8.32 Å². The largest absolute Gasteiger partial charge is 0.418 e. The van der Waals surface area contributed by atoms with Crippen molar-refractivity contribution in [3.63, 3.8) is 0 Å². The van der Waals surface area contributed by atoms with Crippen LogP contribution in [-0.2, 0) is 4.43 Å². The summed E-state index contributed by atoms with van der Waals surface area (Å²) in [7, 11) is 0.363. The predicted molar refractivity (Wildman–Crippen MR) is 75.3 cm³/mol. The molecular formula is C14H27NOSi. The van der Waals surface area contributed by atoms with Gasteiger partial charge in [-0.2, -0.15) is 0 Å². The number of allylic oxidation sites excluding steroid dienone is 1. The second-order valence-electron chi connectivity index (χ2n) is 6.13. The summed E-state index contributed by atoms with van der Waals surface area (Å²) in [6.45, 7) is 10.3. The highest BCUT2D eigenvalue weighted by atomic mass is 28.4. The molecule has 0 bridgehead atoms. The summed E-state index contributed by atoms with van der Waals surface area (Å²) in [5.41, 5.74) is 2.08. The molecule has 1 aliphatic carbocycles. The highest BCUT2D eigenvalue weighted by Crippen LogP contribution is 2.37. The van der Waals surface area contributed by atoms with E-state index in [9.17, 15) is 0 Å². The van der Waals surface area contributed by atoms with E-state index < -0.39 is 8.32 Å². The van der Waals surface area contributed by atoms with E-state index in [1.807, 2.05) is 7.11 Å². The van der Waals surface area contributed by atoms with E-state index in [1.165, 1.54) is 50.8 Å². The zero-order chi connectivity index (χ0) is 12.5. The van der Waals surface area contributed by atoms with E-state index in [0.29, 0.717) is 5.67 Å². The fourth-order valence-electron chi connectivity index (χ4n) is 3.26. The van der Waals surface area contributed by atoms with Gasteiger partial charge in [0.25, 0.3) is 0 Å².